The quantitative estimate of drug-likeness (QED) is 0.791. The van der Waals surface area contributed by atoms with E-state index in [1.165, 1.54) is 0 Å². The van der Waals surface area contributed by atoms with Gasteiger partial charge < -0.3 is 14.8 Å². The Bertz CT molecular complexity index is 301. The molecule has 0 aliphatic rings. The first-order valence-corrected chi connectivity index (χ1v) is 6.27. The molecule has 15 heavy (non-hydrogen) atoms. The van der Waals surface area contributed by atoms with Crippen LogP contribution in [-0.2, 0) is 6.54 Å². The second kappa shape index (κ2) is 5.86. The molecule has 1 aromatic heterocycles. The highest BCUT2D eigenvalue weighted by molar-refractivity contribution is 14.1. The molecule has 0 saturated heterocycles. The van der Waals surface area contributed by atoms with Crippen molar-refractivity contribution < 1.29 is 9.52 Å². The maximum Gasteiger partial charge on any atom is 0.164 e. The molecule has 0 spiro atoms. The van der Waals surface area contributed by atoms with Crippen molar-refractivity contribution in [1.82, 2.24) is 5.32 Å². The van der Waals surface area contributed by atoms with Gasteiger partial charge in [-0.05, 0) is 54.5 Å². The van der Waals surface area contributed by atoms with Crippen LogP contribution in [0.15, 0.2) is 16.5 Å². The summed E-state index contributed by atoms with van der Waals surface area (Å²) in [6, 6.07) is 3.93. The maximum atomic E-state index is 8.97. The van der Waals surface area contributed by atoms with E-state index in [0.717, 1.165) is 22.4 Å². The molecule has 0 radical (unpaired) electrons. The van der Waals surface area contributed by atoms with E-state index in [4.69, 9.17) is 9.52 Å². The van der Waals surface area contributed by atoms with Crippen LogP contribution in [0.5, 0.6) is 0 Å². The molecule has 1 rings (SSSR count). The number of halogens is 1. The molecule has 0 bridgehead atoms. The summed E-state index contributed by atoms with van der Waals surface area (Å²) in [6.07, 6.45) is 1.76. The molecule has 0 aromatic carbocycles. The van der Waals surface area contributed by atoms with Gasteiger partial charge in [-0.15, -0.1) is 0 Å². The van der Waals surface area contributed by atoms with Crippen LogP contribution in [0.1, 0.15) is 32.4 Å². The van der Waals surface area contributed by atoms with Crippen molar-refractivity contribution in [2.24, 2.45) is 0 Å². The first-order valence-electron chi connectivity index (χ1n) is 5.20. The van der Waals surface area contributed by atoms with E-state index in [1.807, 2.05) is 12.1 Å². The highest BCUT2D eigenvalue weighted by atomic mass is 127. The van der Waals surface area contributed by atoms with E-state index >= 15 is 0 Å². The summed E-state index contributed by atoms with van der Waals surface area (Å²) in [5.41, 5.74) is -0.00697. The Hall–Kier alpha value is -0.0700. The molecule has 4 heteroatoms. The fraction of sp³-hybridized carbons (Fsp3) is 0.636. The highest BCUT2D eigenvalue weighted by Gasteiger charge is 2.20. The molecule has 0 amide bonds. The zero-order valence-electron chi connectivity index (χ0n) is 9.22. The van der Waals surface area contributed by atoms with Gasteiger partial charge in [0, 0.05) is 12.1 Å². The van der Waals surface area contributed by atoms with Gasteiger partial charge in [0.25, 0.3) is 0 Å². The molecule has 0 saturated carbocycles. The Morgan fingerprint density at radius 1 is 1.53 bits per heavy atom. The average Bonchev–Trinajstić information content (AvgIpc) is 2.62. The van der Waals surface area contributed by atoms with Gasteiger partial charge in [0.2, 0.25) is 0 Å². The van der Waals surface area contributed by atoms with Crippen LogP contribution < -0.4 is 5.32 Å². The summed E-state index contributed by atoms with van der Waals surface area (Å²) >= 11 is 2.15. The van der Waals surface area contributed by atoms with Gasteiger partial charge in [-0.3, -0.25) is 0 Å². The van der Waals surface area contributed by atoms with Gasteiger partial charge >= 0.3 is 0 Å². The number of nitrogens with one attached hydrogen (secondary N) is 1. The zero-order chi connectivity index (χ0) is 11.3. The number of rotatable bonds is 6. The van der Waals surface area contributed by atoms with Gasteiger partial charge in [0.05, 0.1) is 6.54 Å². The Morgan fingerprint density at radius 2 is 2.27 bits per heavy atom. The molecule has 2 N–H and O–H groups in total. The van der Waals surface area contributed by atoms with Crippen molar-refractivity contribution >= 4 is 22.6 Å². The standard InChI is InChI=1S/C11H18INO2/c1-3-11(2,6-7-14)13-8-9-4-5-10(12)15-9/h4-5,13-14H,3,6-8H2,1-2H3. The minimum atomic E-state index is -0.00697. The number of hydrogen-bond donors (Lipinski definition) is 2. The second-order valence-corrected chi connectivity index (χ2v) is 5.01. The summed E-state index contributed by atoms with van der Waals surface area (Å²) in [5.74, 6) is 0.942. The number of aliphatic hydroxyl groups is 1. The van der Waals surface area contributed by atoms with Crippen LogP contribution in [-0.4, -0.2) is 17.3 Å². The fourth-order valence-electron chi connectivity index (χ4n) is 1.38. The minimum Gasteiger partial charge on any atom is -0.454 e. The van der Waals surface area contributed by atoms with Gasteiger partial charge in [-0.25, -0.2) is 0 Å². The van der Waals surface area contributed by atoms with E-state index < -0.39 is 0 Å². The first-order chi connectivity index (χ1) is 7.09. The van der Waals surface area contributed by atoms with Crippen LogP contribution in [0.2, 0.25) is 0 Å². The monoisotopic (exact) mass is 323 g/mol. The van der Waals surface area contributed by atoms with Crippen molar-refractivity contribution in [3.63, 3.8) is 0 Å². The molecule has 1 aromatic rings. The lowest BCUT2D eigenvalue weighted by Gasteiger charge is -2.28. The second-order valence-electron chi connectivity index (χ2n) is 3.95. The molecule has 1 heterocycles. The summed E-state index contributed by atoms with van der Waals surface area (Å²) in [6.45, 7) is 5.17. The minimum absolute atomic E-state index is 0.00697. The molecule has 1 unspecified atom stereocenters. The molecule has 0 aliphatic heterocycles. The Balaban J connectivity index is 2.47. The topological polar surface area (TPSA) is 45.4 Å². The van der Waals surface area contributed by atoms with Crippen molar-refractivity contribution in [3.05, 3.63) is 21.7 Å². The number of furan rings is 1. The van der Waals surface area contributed by atoms with E-state index in [-0.39, 0.29) is 12.1 Å². The number of hydrogen-bond acceptors (Lipinski definition) is 3. The largest absolute Gasteiger partial charge is 0.454 e. The lowest BCUT2D eigenvalue weighted by molar-refractivity contribution is 0.211. The average molecular weight is 323 g/mol. The van der Waals surface area contributed by atoms with Crippen molar-refractivity contribution in [3.8, 4) is 0 Å². The van der Waals surface area contributed by atoms with Crippen molar-refractivity contribution in [2.75, 3.05) is 6.61 Å². The molecule has 0 fully saturated rings. The van der Waals surface area contributed by atoms with Crippen LogP contribution in [0.25, 0.3) is 0 Å². The van der Waals surface area contributed by atoms with Crippen LogP contribution >= 0.6 is 22.6 Å². The predicted molar refractivity (Wildman–Crippen MR) is 68.7 cm³/mol. The molecule has 1 atom stereocenters. The maximum absolute atomic E-state index is 8.97. The number of aliphatic hydroxyl groups excluding tert-OH is 1. The van der Waals surface area contributed by atoms with Gasteiger partial charge in [0.15, 0.2) is 3.77 Å². The molecule has 86 valence electrons. The molecular weight excluding hydrogens is 305 g/mol. The third-order valence-corrected chi connectivity index (χ3v) is 3.34. The summed E-state index contributed by atoms with van der Waals surface area (Å²) in [7, 11) is 0. The van der Waals surface area contributed by atoms with Crippen LogP contribution in [0.3, 0.4) is 0 Å². The lowest BCUT2D eigenvalue weighted by Crippen LogP contribution is -2.41. The fourth-order valence-corrected chi connectivity index (χ4v) is 1.85. The summed E-state index contributed by atoms with van der Waals surface area (Å²) in [4.78, 5) is 0. The smallest absolute Gasteiger partial charge is 0.164 e. The Kier molecular flexibility index (Phi) is 5.08. The Labute approximate surface area is 104 Å². The first kappa shape index (κ1) is 13.0. The summed E-state index contributed by atoms with van der Waals surface area (Å²) < 4.78 is 6.37. The Morgan fingerprint density at radius 3 is 2.73 bits per heavy atom. The normalized spacial score (nSPS) is 15.2. The van der Waals surface area contributed by atoms with Crippen molar-refractivity contribution in [1.29, 1.82) is 0 Å². The van der Waals surface area contributed by atoms with Crippen LogP contribution in [0, 0.1) is 3.77 Å². The SMILES string of the molecule is CCC(C)(CCO)NCc1ccc(I)o1. The highest BCUT2D eigenvalue weighted by Crippen LogP contribution is 2.16. The third-order valence-electron chi connectivity index (χ3n) is 2.76. The van der Waals surface area contributed by atoms with Gasteiger partial charge in [-0.2, -0.15) is 0 Å². The van der Waals surface area contributed by atoms with E-state index in [2.05, 4.69) is 41.8 Å². The van der Waals surface area contributed by atoms with E-state index in [0.29, 0.717) is 6.54 Å². The molecule has 3 nitrogen and oxygen atoms in total. The molecular formula is C11H18INO2. The summed E-state index contributed by atoms with van der Waals surface area (Å²) in [5, 5.41) is 12.4. The van der Waals surface area contributed by atoms with E-state index in [9.17, 15) is 0 Å². The van der Waals surface area contributed by atoms with Crippen molar-refractivity contribution in [2.45, 2.75) is 38.8 Å². The predicted octanol–water partition coefficient (Wildman–Crippen LogP) is 2.52. The third kappa shape index (κ3) is 4.12. The van der Waals surface area contributed by atoms with Crippen LogP contribution in [0.4, 0.5) is 0 Å². The van der Waals surface area contributed by atoms with Gasteiger partial charge in [0.1, 0.15) is 5.76 Å². The van der Waals surface area contributed by atoms with Gasteiger partial charge in [-0.1, -0.05) is 6.92 Å². The molecule has 0 aliphatic carbocycles. The van der Waals surface area contributed by atoms with E-state index in [1.54, 1.807) is 0 Å². The zero-order valence-corrected chi connectivity index (χ0v) is 11.4. The lowest BCUT2D eigenvalue weighted by atomic mass is 9.95.